The fraction of sp³-hybridized carbons (Fsp3) is 0.417. The van der Waals surface area contributed by atoms with E-state index in [1.165, 1.54) is 0 Å². The molecule has 17 heavy (non-hydrogen) atoms. The van der Waals surface area contributed by atoms with Crippen LogP contribution in [0.25, 0.3) is 0 Å². The summed E-state index contributed by atoms with van der Waals surface area (Å²) in [6.07, 6.45) is 0.370. The van der Waals surface area contributed by atoms with Crippen LogP contribution in [-0.2, 0) is 4.74 Å². The van der Waals surface area contributed by atoms with Crippen molar-refractivity contribution in [3.63, 3.8) is 0 Å². The van der Waals surface area contributed by atoms with Crippen LogP contribution in [-0.4, -0.2) is 24.8 Å². The topological polar surface area (TPSA) is 55.6 Å². The first-order valence-electron chi connectivity index (χ1n) is 5.50. The minimum atomic E-state index is -0.473. The van der Waals surface area contributed by atoms with Crippen LogP contribution in [0.4, 0.5) is 10.5 Å². The highest BCUT2D eigenvalue weighted by molar-refractivity contribution is 9.10. The van der Waals surface area contributed by atoms with Gasteiger partial charge >= 0.3 is 6.09 Å². The van der Waals surface area contributed by atoms with E-state index in [1.807, 2.05) is 31.2 Å². The third kappa shape index (κ3) is 2.61. The lowest BCUT2D eigenvalue weighted by atomic mass is 10.0. The predicted octanol–water partition coefficient (Wildman–Crippen LogP) is 2.51. The minimum absolute atomic E-state index is 0.303. The molecule has 1 amide bonds. The Kier molecular flexibility index (Phi) is 3.40. The molecule has 1 aromatic rings. The smallest absolute Gasteiger partial charge is 0.415 e. The molecule has 1 atom stereocenters. The predicted molar refractivity (Wildman–Crippen MR) is 70.0 cm³/mol. The molecule has 1 heterocycles. The Bertz CT molecular complexity index is 421. The van der Waals surface area contributed by atoms with E-state index < -0.39 is 5.60 Å². The summed E-state index contributed by atoms with van der Waals surface area (Å²) in [5, 5.41) is 0. The van der Waals surface area contributed by atoms with Gasteiger partial charge in [-0.15, -0.1) is 0 Å². The van der Waals surface area contributed by atoms with Crippen molar-refractivity contribution >= 4 is 27.7 Å². The quantitative estimate of drug-likeness (QED) is 0.933. The van der Waals surface area contributed by atoms with E-state index in [4.69, 9.17) is 10.5 Å². The average Bonchev–Trinajstić information content (AvgIpc) is 2.56. The second-order valence-corrected chi connectivity index (χ2v) is 5.33. The summed E-state index contributed by atoms with van der Waals surface area (Å²) < 4.78 is 6.37. The zero-order valence-electron chi connectivity index (χ0n) is 9.65. The molecule has 0 bridgehead atoms. The van der Waals surface area contributed by atoms with E-state index >= 15 is 0 Å². The molecule has 92 valence electrons. The highest BCUT2D eigenvalue weighted by atomic mass is 79.9. The van der Waals surface area contributed by atoms with Crippen molar-refractivity contribution in [2.24, 2.45) is 5.73 Å². The van der Waals surface area contributed by atoms with Gasteiger partial charge in [-0.2, -0.15) is 0 Å². The van der Waals surface area contributed by atoms with Gasteiger partial charge in [0.15, 0.2) is 0 Å². The Morgan fingerprint density at radius 3 is 2.71 bits per heavy atom. The molecule has 1 aliphatic heterocycles. The van der Waals surface area contributed by atoms with Crippen molar-refractivity contribution in [2.45, 2.75) is 18.9 Å². The van der Waals surface area contributed by atoms with Crippen molar-refractivity contribution in [1.82, 2.24) is 0 Å². The number of cyclic esters (lactones) is 1. The zero-order chi connectivity index (χ0) is 12.5. The molecule has 0 radical (unpaired) electrons. The van der Waals surface area contributed by atoms with Gasteiger partial charge in [-0.3, -0.25) is 4.90 Å². The lowest BCUT2D eigenvalue weighted by Gasteiger charge is -2.20. The molecular formula is C12H15BrN2O2. The van der Waals surface area contributed by atoms with Crippen LogP contribution < -0.4 is 10.6 Å². The number of nitrogens with two attached hydrogens (primary N) is 1. The number of hydrogen-bond acceptors (Lipinski definition) is 3. The molecule has 0 saturated carbocycles. The van der Waals surface area contributed by atoms with Crippen molar-refractivity contribution < 1.29 is 9.53 Å². The van der Waals surface area contributed by atoms with Crippen LogP contribution in [0.5, 0.6) is 0 Å². The van der Waals surface area contributed by atoms with Gasteiger partial charge in [0.05, 0.1) is 6.54 Å². The van der Waals surface area contributed by atoms with Crippen molar-refractivity contribution in [2.75, 3.05) is 18.0 Å². The maximum absolute atomic E-state index is 11.8. The molecule has 1 unspecified atom stereocenters. The second-order valence-electron chi connectivity index (χ2n) is 4.42. The standard InChI is InChI=1S/C12H15BrN2O2/c1-12(6-7-14)8-15(11(16)17-12)10-4-2-9(13)3-5-10/h2-5H,6-8,14H2,1H3. The van der Waals surface area contributed by atoms with Gasteiger partial charge in [-0.25, -0.2) is 4.79 Å². The molecule has 5 heteroatoms. The Balaban J connectivity index is 2.18. The number of carbonyl (C=O) groups excluding carboxylic acids is 1. The van der Waals surface area contributed by atoms with E-state index in [0.717, 1.165) is 10.2 Å². The van der Waals surface area contributed by atoms with Gasteiger partial charge < -0.3 is 10.5 Å². The number of rotatable bonds is 3. The number of ether oxygens (including phenoxy) is 1. The Morgan fingerprint density at radius 2 is 2.12 bits per heavy atom. The molecule has 1 fully saturated rings. The number of halogens is 1. The molecule has 2 rings (SSSR count). The number of nitrogens with zero attached hydrogens (tertiary/aromatic N) is 1. The van der Waals surface area contributed by atoms with Crippen LogP contribution in [0.15, 0.2) is 28.7 Å². The molecule has 0 spiro atoms. The molecule has 0 aliphatic carbocycles. The lowest BCUT2D eigenvalue weighted by molar-refractivity contribution is 0.0672. The van der Waals surface area contributed by atoms with E-state index in [2.05, 4.69) is 15.9 Å². The van der Waals surface area contributed by atoms with Crippen LogP contribution in [0.3, 0.4) is 0 Å². The highest BCUT2D eigenvalue weighted by Crippen LogP contribution is 2.30. The van der Waals surface area contributed by atoms with E-state index in [9.17, 15) is 4.79 Å². The van der Waals surface area contributed by atoms with Crippen molar-refractivity contribution in [3.05, 3.63) is 28.7 Å². The second kappa shape index (κ2) is 4.66. The summed E-state index contributed by atoms with van der Waals surface area (Å²) in [6.45, 7) is 2.97. The summed E-state index contributed by atoms with van der Waals surface area (Å²) in [5.41, 5.74) is 5.90. The zero-order valence-corrected chi connectivity index (χ0v) is 11.2. The van der Waals surface area contributed by atoms with Gasteiger partial charge in [0, 0.05) is 16.6 Å². The fourth-order valence-corrected chi connectivity index (χ4v) is 2.21. The van der Waals surface area contributed by atoms with Gasteiger partial charge in [0.2, 0.25) is 0 Å². The number of benzene rings is 1. The summed E-state index contributed by atoms with van der Waals surface area (Å²) in [4.78, 5) is 13.4. The molecule has 1 saturated heterocycles. The van der Waals surface area contributed by atoms with Gasteiger partial charge in [-0.05, 0) is 37.7 Å². The first-order valence-corrected chi connectivity index (χ1v) is 6.29. The number of carbonyl (C=O) groups is 1. The summed E-state index contributed by atoms with van der Waals surface area (Å²) in [7, 11) is 0. The molecule has 0 aromatic heterocycles. The van der Waals surface area contributed by atoms with Gasteiger partial charge in [0.1, 0.15) is 5.60 Å². The van der Waals surface area contributed by atoms with E-state index in [1.54, 1.807) is 4.90 Å². The monoisotopic (exact) mass is 298 g/mol. The number of amides is 1. The largest absolute Gasteiger partial charge is 0.441 e. The number of anilines is 1. The first kappa shape index (κ1) is 12.4. The molecule has 4 nitrogen and oxygen atoms in total. The van der Waals surface area contributed by atoms with E-state index in [0.29, 0.717) is 19.5 Å². The maximum atomic E-state index is 11.8. The maximum Gasteiger partial charge on any atom is 0.415 e. The van der Waals surface area contributed by atoms with Crippen LogP contribution in [0.2, 0.25) is 0 Å². The van der Waals surface area contributed by atoms with Crippen molar-refractivity contribution in [3.8, 4) is 0 Å². The third-order valence-corrected chi connectivity index (χ3v) is 3.39. The normalized spacial score (nSPS) is 23.9. The molecule has 1 aromatic carbocycles. The first-order chi connectivity index (χ1) is 8.04. The Morgan fingerprint density at radius 1 is 1.47 bits per heavy atom. The Labute approximate surface area is 109 Å². The summed E-state index contributed by atoms with van der Waals surface area (Å²) >= 11 is 3.37. The third-order valence-electron chi connectivity index (χ3n) is 2.86. The SMILES string of the molecule is CC1(CCN)CN(c2ccc(Br)cc2)C(=O)O1. The van der Waals surface area contributed by atoms with Crippen LogP contribution in [0.1, 0.15) is 13.3 Å². The highest BCUT2D eigenvalue weighted by Gasteiger charge is 2.41. The van der Waals surface area contributed by atoms with Gasteiger partial charge in [0.25, 0.3) is 0 Å². The molecule has 2 N–H and O–H groups in total. The summed E-state index contributed by atoms with van der Waals surface area (Å²) in [5.74, 6) is 0. The van der Waals surface area contributed by atoms with Crippen molar-refractivity contribution in [1.29, 1.82) is 0 Å². The number of hydrogen-bond donors (Lipinski definition) is 1. The summed E-state index contributed by atoms with van der Waals surface area (Å²) in [6, 6.07) is 7.58. The molecule has 1 aliphatic rings. The molecular weight excluding hydrogens is 284 g/mol. The lowest BCUT2D eigenvalue weighted by Crippen LogP contribution is -2.33. The van der Waals surface area contributed by atoms with Crippen LogP contribution in [0, 0.1) is 0 Å². The average molecular weight is 299 g/mol. The van der Waals surface area contributed by atoms with Crippen LogP contribution >= 0.6 is 15.9 Å². The Hall–Kier alpha value is -1.07. The van der Waals surface area contributed by atoms with E-state index in [-0.39, 0.29) is 6.09 Å². The fourth-order valence-electron chi connectivity index (χ4n) is 1.95. The van der Waals surface area contributed by atoms with Gasteiger partial charge in [-0.1, -0.05) is 15.9 Å². The minimum Gasteiger partial charge on any atom is -0.441 e.